The largest absolute Gasteiger partial charge is 0.370 e. The fourth-order valence-corrected chi connectivity index (χ4v) is 3.85. The molecule has 1 N–H and O–H groups in total. The fraction of sp³-hybridized carbons (Fsp3) is 0.429. The zero-order chi connectivity index (χ0) is 17.9. The summed E-state index contributed by atoms with van der Waals surface area (Å²) in [5.74, 6) is 2.86. The number of fused-ring (bicyclic) bond motifs is 1. The van der Waals surface area contributed by atoms with Gasteiger partial charge in [-0.25, -0.2) is 9.97 Å². The van der Waals surface area contributed by atoms with E-state index < -0.39 is 0 Å². The van der Waals surface area contributed by atoms with Gasteiger partial charge in [-0.2, -0.15) is 0 Å². The molecule has 1 aliphatic rings. The number of hydrogen-bond donors (Lipinski definition) is 1. The number of likely N-dealkylation sites (tertiary alicyclic amines) is 1. The summed E-state index contributed by atoms with van der Waals surface area (Å²) < 4.78 is 2.23. The molecule has 5 heteroatoms. The molecule has 0 radical (unpaired) electrons. The molecule has 0 bridgehead atoms. The highest BCUT2D eigenvalue weighted by Gasteiger charge is 2.22. The Labute approximate surface area is 155 Å². The van der Waals surface area contributed by atoms with Crippen LogP contribution >= 0.6 is 0 Å². The molecule has 1 fully saturated rings. The van der Waals surface area contributed by atoms with Crippen molar-refractivity contribution in [2.24, 2.45) is 13.0 Å². The summed E-state index contributed by atoms with van der Waals surface area (Å²) in [6.45, 7) is 6.44. The van der Waals surface area contributed by atoms with Crippen molar-refractivity contribution in [2.75, 3.05) is 31.5 Å². The van der Waals surface area contributed by atoms with Crippen LogP contribution in [0.2, 0.25) is 0 Å². The molecule has 1 saturated heterocycles. The third-order valence-corrected chi connectivity index (χ3v) is 5.36. The molecule has 5 nitrogen and oxygen atoms in total. The van der Waals surface area contributed by atoms with Crippen LogP contribution in [0.5, 0.6) is 0 Å². The van der Waals surface area contributed by atoms with E-state index >= 15 is 0 Å². The van der Waals surface area contributed by atoms with Crippen molar-refractivity contribution in [3.8, 4) is 0 Å². The second-order valence-electron chi connectivity index (χ2n) is 7.33. The molecular weight excluding hydrogens is 322 g/mol. The van der Waals surface area contributed by atoms with Crippen molar-refractivity contribution in [3.63, 3.8) is 0 Å². The van der Waals surface area contributed by atoms with Crippen molar-refractivity contribution in [1.29, 1.82) is 0 Å². The lowest BCUT2D eigenvalue weighted by Gasteiger charge is -2.16. The third kappa shape index (κ3) is 3.73. The summed E-state index contributed by atoms with van der Waals surface area (Å²) in [4.78, 5) is 11.9. The zero-order valence-corrected chi connectivity index (χ0v) is 15.7. The Morgan fingerprint density at radius 1 is 1.12 bits per heavy atom. The minimum atomic E-state index is 0.692. The lowest BCUT2D eigenvalue weighted by atomic mass is 10.1. The number of para-hydroxylation sites is 2. The topological polar surface area (TPSA) is 46.0 Å². The van der Waals surface area contributed by atoms with E-state index in [4.69, 9.17) is 4.98 Å². The molecule has 0 saturated carbocycles. The average Bonchev–Trinajstić information content (AvgIpc) is 3.23. The molecule has 0 unspecified atom stereocenters. The number of rotatable bonds is 6. The van der Waals surface area contributed by atoms with E-state index in [0.717, 1.165) is 43.1 Å². The van der Waals surface area contributed by atoms with E-state index in [1.807, 2.05) is 19.1 Å². The van der Waals surface area contributed by atoms with Gasteiger partial charge in [-0.3, -0.25) is 0 Å². The number of nitrogens with one attached hydrogen (secondary N) is 1. The molecular formula is C21H27N5. The van der Waals surface area contributed by atoms with Crippen molar-refractivity contribution >= 4 is 16.9 Å². The van der Waals surface area contributed by atoms with Crippen molar-refractivity contribution in [1.82, 2.24) is 19.4 Å². The number of hydrogen-bond acceptors (Lipinski definition) is 4. The quantitative estimate of drug-likeness (QED) is 0.742. The number of nitrogens with zero attached hydrogens (tertiary/aromatic N) is 4. The Morgan fingerprint density at radius 2 is 2.00 bits per heavy atom. The van der Waals surface area contributed by atoms with E-state index in [0.29, 0.717) is 5.92 Å². The van der Waals surface area contributed by atoms with Crippen LogP contribution in [0.4, 0.5) is 5.82 Å². The molecule has 0 aliphatic carbocycles. The van der Waals surface area contributed by atoms with Crippen LogP contribution in [-0.4, -0.2) is 45.6 Å². The van der Waals surface area contributed by atoms with Gasteiger partial charge in [0.15, 0.2) is 0 Å². The molecule has 2 aromatic heterocycles. The Kier molecular flexibility index (Phi) is 4.89. The highest BCUT2D eigenvalue weighted by molar-refractivity contribution is 5.75. The van der Waals surface area contributed by atoms with Gasteiger partial charge in [0.25, 0.3) is 0 Å². The van der Waals surface area contributed by atoms with Crippen LogP contribution in [0, 0.1) is 12.8 Å². The lowest BCUT2D eigenvalue weighted by Crippen LogP contribution is -2.26. The van der Waals surface area contributed by atoms with Crippen LogP contribution in [0.25, 0.3) is 11.0 Å². The Balaban J connectivity index is 1.28. The van der Waals surface area contributed by atoms with Crippen LogP contribution < -0.4 is 5.32 Å². The maximum atomic E-state index is 4.79. The normalized spacial score (nSPS) is 17.8. The first-order valence-corrected chi connectivity index (χ1v) is 9.49. The maximum absolute atomic E-state index is 4.79. The van der Waals surface area contributed by atoms with Gasteiger partial charge < -0.3 is 14.8 Å². The van der Waals surface area contributed by atoms with Gasteiger partial charge in [0, 0.05) is 38.8 Å². The zero-order valence-electron chi connectivity index (χ0n) is 15.7. The molecule has 0 amide bonds. The smallest absolute Gasteiger partial charge is 0.126 e. The maximum Gasteiger partial charge on any atom is 0.126 e. The van der Waals surface area contributed by atoms with Crippen LogP contribution in [-0.2, 0) is 13.5 Å². The van der Waals surface area contributed by atoms with E-state index in [9.17, 15) is 0 Å². The number of aromatic nitrogens is 3. The van der Waals surface area contributed by atoms with E-state index in [1.165, 1.54) is 24.3 Å². The molecule has 136 valence electrons. The molecule has 26 heavy (non-hydrogen) atoms. The van der Waals surface area contributed by atoms with Gasteiger partial charge in [0.1, 0.15) is 11.6 Å². The number of pyridine rings is 1. The van der Waals surface area contributed by atoms with Gasteiger partial charge >= 0.3 is 0 Å². The highest BCUT2D eigenvalue weighted by Crippen LogP contribution is 2.19. The van der Waals surface area contributed by atoms with Gasteiger partial charge in [0.2, 0.25) is 0 Å². The third-order valence-electron chi connectivity index (χ3n) is 5.36. The van der Waals surface area contributed by atoms with E-state index in [2.05, 4.69) is 57.1 Å². The standard InChI is InChI=1S/C21H27N5/c1-16-6-5-9-20(23-16)22-14-17-10-12-26(15-17)13-11-21-24-18-7-3-4-8-19(18)25(21)2/h3-9,17H,10-15H2,1-2H3,(H,22,23)/t17-/m1/s1. The first-order chi connectivity index (χ1) is 12.7. The summed E-state index contributed by atoms with van der Waals surface area (Å²) in [5, 5.41) is 3.49. The average molecular weight is 349 g/mol. The number of aryl methyl sites for hydroxylation is 2. The highest BCUT2D eigenvalue weighted by atomic mass is 15.2. The van der Waals surface area contributed by atoms with Crippen molar-refractivity contribution < 1.29 is 0 Å². The van der Waals surface area contributed by atoms with Crippen LogP contribution in [0.15, 0.2) is 42.5 Å². The van der Waals surface area contributed by atoms with Gasteiger partial charge in [-0.05, 0) is 50.1 Å². The van der Waals surface area contributed by atoms with Gasteiger partial charge in [-0.1, -0.05) is 18.2 Å². The molecule has 1 atom stereocenters. The fourth-order valence-electron chi connectivity index (χ4n) is 3.85. The molecule has 4 rings (SSSR count). The molecule has 1 aliphatic heterocycles. The Bertz CT molecular complexity index is 885. The molecule has 0 spiro atoms. The first kappa shape index (κ1) is 17.0. The SMILES string of the molecule is Cc1cccc(NC[C@H]2CCN(CCc3nc4ccccc4n3C)C2)n1. The summed E-state index contributed by atoms with van der Waals surface area (Å²) in [7, 11) is 2.12. The second-order valence-corrected chi connectivity index (χ2v) is 7.33. The minimum absolute atomic E-state index is 0.692. The molecule has 1 aromatic carbocycles. The number of anilines is 1. The van der Waals surface area contributed by atoms with E-state index in [-0.39, 0.29) is 0 Å². The van der Waals surface area contributed by atoms with Crippen molar-refractivity contribution in [2.45, 2.75) is 19.8 Å². The predicted molar refractivity (Wildman–Crippen MR) is 106 cm³/mol. The van der Waals surface area contributed by atoms with Crippen LogP contribution in [0.3, 0.4) is 0 Å². The van der Waals surface area contributed by atoms with E-state index in [1.54, 1.807) is 0 Å². The number of imidazole rings is 1. The Hall–Kier alpha value is -2.40. The number of benzene rings is 1. The minimum Gasteiger partial charge on any atom is -0.370 e. The van der Waals surface area contributed by atoms with Gasteiger partial charge in [-0.15, -0.1) is 0 Å². The summed E-state index contributed by atoms with van der Waals surface area (Å²) in [6.07, 6.45) is 2.26. The Morgan fingerprint density at radius 3 is 2.85 bits per heavy atom. The predicted octanol–water partition coefficient (Wildman–Crippen LogP) is 3.25. The summed E-state index contributed by atoms with van der Waals surface area (Å²) in [5.41, 5.74) is 3.38. The first-order valence-electron chi connectivity index (χ1n) is 9.49. The lowest BCUT2D eigenvalue weighted by molar-refractivity contribution is 0.327. The van der Waals surface area contributed by atoms with Crippen molar-refractivity contribution in [3.05, 3.63) is 54.0 Å². The summed E-state index contributed by atoms with van der Waals surface area (Å²) >= 11 is 0. The molecule has 3 aromatic rings. The monoisotopic (exact) mass is 349 g/mol. The van der Waals surface area contributed by atoms with Gasteiger partial charge in [0.05, 0.1) is 11.0 Å². The molecule has 3 heterocycles. The van der Waals surface area contributed by atoms with Crippen LogP contribution in [0.1, 0.15) is 17.9 Å². The second kappa shape index (κ2) is 7.46. The summed E-state index contributed by atoms with van der Waals surface area (Å²) in [6, 6.07) is 14.5.